The molecular formula is C26H30F3N3O2. The summed E-state index contributed by atoms with van der Waals surface area (Å²) in [5, 5.41) is 0. The second kappa shape index (κ2) is 10.7. The molecule has 34 heavy (non-hydrogen) atoms. The summed E-state index contributed by atoms with van der Waals surface area (Å²) in [4.78, 5) is 30.8. The quantitative estimate of drug-likeness (QED) is 0.599. The van der Waals surface area contributed by atoms with E-state index in [1.807, 2.05) is 35.2 Å². The van der Waals surface area contributed by atoms with Crippen molar-refractivity contribution < 1.29 is 22.8 Å². The van der Waals surface area contributed by atoms with Gasteiger partial charge in [-0.25, -0.2) is 0 Å². The predicted molar refractivity (Wildman–Crippen MR) is 123 cm³/mol. The van der Waals surface area contributed by atoms with Gasteiger partial charge in [-0.15, -0.1) is 0 Å². The van der Waals surface area contributed by atoms with Crippen LogP contribution in [0.2, 0.25) is 0 Å². The monoisotopic (exact) mass is 473 g/mol. The molecule has 2 aliphatic rings. The van der Waals surface area contributed by atoms with E-state index in [9.17, 15) is 22.8 Å². The molecule has 8 heteroatoms. The highest BCUT2D eigenvalue weighted by Gasteiger charge is 2.34. The molecule has 1 amide bonds. The molecule has 2 unspecified atom stereocenters. The molecule has 4 rings (SSSR count). The van der Waals surface area contributed by atoms with E-state index in [1.165, 1.54) is 12.1 Å². The molecule has 2 aliphatic heterocycles. The lowest BCUT2D eigenvalue weighted by Crippen LogP contribution is -2.54. The molecule has 2 aromatic rings. The normalized spacial score (nSPS) is 22.5. The molecule has 182 valence electrons. The van der Waals surface area contributed by atoms with E-state index >= 15 is 0 Å². The summed E-state index contributed by atoms with van der Waals surface area (Å²) in [5.74, 6) is 0.0869. The second-order valence-electron chi connectivity index (χ2n) is 9.11. The molecule has 0 aromatic heterocycles. The Kier molecular flexibility index (Phi) is 7.68. The Balaban J connectivity index is 1.31. The average Bonchev–Trinajstić information content (AvgIpc) is 2.84. The Labute approximate surface area is 198 Å². The van der Waals surface area contributed by atoms with Crippen molar-refractivity contribution in [2.75, 3.05) is 39.3 Å². The number of benzene rings is 2. The van der Waals surface area contributed by atoms with Crippen molar-refractivity contribution in [3.8, 4) is 0 Å². The van der Waals surface area contributed by atoms with Gasteiger partial charge in [-0.3, -0.25) is 14.6 Å². The van der Waals surface area contributed by atoms with E-state index in [0.29, 0.717) is 44.8 Å². The zero-order valence-electron chi connectivity index (χ0n) is 19.1. The summed E-state index contributed by atoms with van der Waals surface area (Å²) >= 11 is 0. The van der Waals surface area contributed by atoms with Crippen molar-refractivity contribution in [3.63, 3.8) is 0 Å². The van der Waals surface area contributed by atoms with E-state index in [1.54, 1.807) is 11.0 Å². The molecule has 2 aromatic carbocycles. The number of piperidine rings is 1. The lowest BCUT2D eigenvalue weighted by molar-refractivity contribution is -0.138. The number of carbonyl (C=O) groups is 2. The van der Waals surface area contributed by atoms with Crippen molar-refractivity contribution in [1.82, 2.24) is 14.7 Å². The largest absolute Gasteiger partial charge is 0.416 e. The maximum Gasteiger partial charge on any atom is 0.416 e. The lowest BCUT2D eigenvalue weighted by Gasteiger charge is -2.40. The van der Waals surface area contributed by atoms with Crippen LogP contribution in [-0.2, 0) is 22.3 Å². The van der Waals surface area contributed by atoms with Crippen LogP contribution in [0.5, 0.6) is 0 Å². The van der Waals surface area contributed by atoms with Crippen molar-refractivity contribution in [1.29, 1.82) is 0 Å². The summed E-state index contributed by atoms with van der Waals surface area (Å²) in [6, 6.07) is 15.1. The number of rotatable bonds is 6. The minimum Gasteiger partial charge on any atom is -0.339 e. The number of nitrogens with zero attached hydrogens (tertiary/aromatic N) is 3. The van der Waals surface area contributed by atoms with Gasteiger partial charge in [0.15, 0.2) is 0 Å². The summed E-state index contributed by atoms with van der Waals surface area (Å²) in [5.41, 5.74) is 1.10. The average molecular weight is 474 g/mol. The van der Waals surface area contributed by atoms with Crippen LogP contribution in [0.1, 0.15) is 35.4 Å². The Hall–Kier alpha value is -2.71. The SMILES string of the molecule is O=CC1C(c2ccccc2)CCCN1CC(=O)N1CCN(Cc2cccc(C(F)(F)F)c2)CC1. The second-order valence-corrected chi connectivity index (χ2v) is 9.11. The van der Waals surface area contributed by atoms with Crippen LogP contribution >= 0.6 is 0 Å². The summed E-state index contributed by atoms with van der Waals surface area (Å²) in [7, 11) is 0. The first-order valence-corrected chi connectivity index (χ1v) is 11.8. The van der Waals surface area contributed by atoms with Crippen LogP contribution in [0.15, 0.2) is 54.6 Å². The number of likely N-dealkylation sites (tertiary alicyclic amines) is 1. The van der Waals surface area contributed by atoms with E-state index in [4.69, 9.17) is 0 Å². The van der Waals surface area contributed by atoms with Gasteiger partial charge in [-0.1, -0.05) is 48.5 Å². The highest BCUT2D eigenvalue weighted by Crippen LogP contribution is 2.32. The molecule has 0 radical (unpaired) electrons. The number of hydrogen-bond acceptors (Lipinski definition) is 4. The number of aldehydes is 1. The van der Waals surface area contributed by atoms with Gasteiger partial charge < -0.3 is 9.69 Å². The fourth-order valence-corrected chi connectivity index (χ4v) is 5.05. The first-order valence-electron chi connectivity index (χ1n) is 11.8. The number of piperazine rings is 1. The third kappa shape index (κ3) is 5.85. The third-order valence-electron chi connectivity index (χ3n) is 6.89. The molecule has 2 fully saturated rings. The summed E-state index contributed by atoms with van der Waals surface area (Å²) < 4.78 is 38.9. The topological polar surface area (TPSA) is 43.9 Å². The minimum atomic E-state index is -4.35. The van der Waals surface area contributed by atoms with E-state index in [2.05, 4.69) is 4.90 Å². The van der Waals surface area contributed by atoms with Crippen molar-refractivity contribution in [3.05, 3.63) is 71.3 Å². The molecule has 0 bridgehead atoms. The van der Waals surface area contributed by atoms with E-state index in [-0.39, 0.29) is 24.4 Å². The van der Waals surface area contributed by atoms with Gasteiger partial charge in [0.05, 0.1) is 18.2 Å². The van der Waals surface area contributed by atoms with Crippen LogP contribution in [0, 0.1) is 0 Å². The van der Waals surface area contributed by atoms with E-state index < -0.39 is 11.7 Å². The van der Waals surface area contributed by atoms with E-state index in [0.717, 1.165) is 30.8 Å². The maximum atomic E-state index is 13.0. The zero-order chi connectivity index (χ0) is 24.1. The van der Waals surface area contributed by atoms with Crippen LogP contribution in [0.25, 0.3) is 0 Å². The summed E-state index contributed by atoms with van der Waals surface area (Å²) in [6.07, 6.45) is -1.53. The van der Waals surface area contributed by atoms with Gasteiger partial charge >= 0.3 is 6.18 Å². The first kappa shape index (κ1) is 24.4. The van der Waals surface area contributed by atoms with Gasteiger partial charge in [-0.2, -0.15) is 13.2 Å². The van der Waals surface area contributed by atoms with Gasteiger partial charge in [0.2, 0.25) is 5.91 Å². The van der Waals surface area contributed by atoms with Crippen LogP contribution in [0.3, 0.4) is 0 Å². The van der Waals surface area contributed by atoms with Gasteiger partial charge in [0.25, 0.3) is 0 Å². The first-order chi connectivity index (χ1) is 16.3. The Morgan fingerprint density at radius 2 is 1.71 bits per heavy atom. The van der Waals surface area contributed by atoms with Gasteiger partial charge in [0, 0.05) is 38.6 Å². The summed E-state index contributed by atoms with van der Waals surface area (Å²) in [6.45, 7) is 3.61. The highest BCUT2D eigenvalue weighted by atomic mass is 19.4. The molecule has 2 atom stereocenters. The Morgan fingerprint density at radius 3 is 2.38 bits per heavy atom. The van der Waals surface area contributed by atoms with Crippen LogP contribution in [-0.4, -0.2) is 72.2 Å². The number of hydrogen-bond donors (Lipinski definition) is 0. The lowest BCUT2D eigenvalue weighted by atomic mass is 9.84. The smallest absolute Gasteiger partial charge is 0.339 e. The molecule has 2 saturated heterocycles. The van der Waals surface area contributed by atoms with Crippen LogP contribution in [0.4, 0.5) is 13.2 Å². The Morgan fingerprint density at radius 1 is 0.971 bits per heavy atom. The number of amides is 1. The number of carbonyl (C=O) groups excluding carboxylic acids is 2. The Bertz CT molecular complexity index is 975. The minimum absolute atomic E-state index is 0.000666. The van der Waals surface area contributed by atoms with Crippen LogP contribution < -0.4 is 0 Å². The van der Waals surface area contributed by atoms with Crippen molar-refractivity contribution >= 4 is 12.2 Å². The predicted octanol–water partition coefficient (Wildman–Crippen LogP) is 3.80. The van der Waals surface area contributed by atoms with Gasteiger partial charge in [0.1, 0.15) is 6.29 Å². The number of halogens is 3. The molecular weight excluding hydrogens is 443 g/mol. The van der Waals surface area contributed by atoms with Gasteiger partial charge in [-0.05, 0) is 36.6 Å². The molecule has 5 nitrogen and oxygen atoms in total. The fourth-order valence-electron chi connectivity index (χ4n) is 5.05. The third-order valence-corrected chi connectivity index (χ3v) is 6.89. The zero-order valence-corrected chi connectivity index (χ0v) is 19.1. The highest BCUT2D eigenvalue weighted by molar-refractivity contribution is 5.79. The standard InChI is InChI=1S/C26H30F3N3O2/c27-26(28,29)22-9-4-6-20(16-22)17-30-12-14-31(15-13-30)25(34)18-32-11-5-10-23(24(32)19-33)21-7-2-1-3-8-21/h1-4,6-9,16,19,23-24H,5,10-15,17-18H2. The molecule has 2 heterocycles. The maximum absolute atomic E-state index is 13.0. The molecule has 0 saturated carbocycles. The number of alkyl halides is 3. The molecule has 0 aliphatic carbocycles. The molecule has 0 spiro atoms. The van der Waals surface area contributed by atoms with Crippen molar-refractivity contribution in [2.24, 2.45) is 0 Å². The van der Waals surface area contributed by atoms with Crippen molar-refractivity contribution in [2.45, 2.75) is 37.5 Å². The fraction of sp³-hybridized carbons (Fsp3) is 0.462. The molecule has 0 N–H and O–H groups in total.